The zero-order valence-electron chi connectivity index (χ0n) is 12.1. The van der Waals surface area contributed by atoms with E-state index < -0.39 is 0 Å². The number of rotatable bonds is 4. The second-order valence-electron chi connectivity index (χ2n) is 5.12. The maximum absolute atomic E-state index is 9.09. The van der Waals surface area contributed by atoms with Crippen LogP contribution < -0.4 is 4.74 Å². The Morgan fingerprint density at radius 3 is 2.78 bits per heavy atom. The number of para-hydroxylation sites is 1. The molecule has 0 saturated carbocycles. The Morgan fingerprint density at radius 2 is 1.91 bits per heavy atom. The first kappa shape index (κ1) is 14.4. The predicted molar refractivity (Wildman–Crippen MR) is 91.7 cm³/mol. The summed E-state index contributed by atoms with van der Waals surface area (Å²) >= 11 is 3.48. The number of fused-ring (bicyclic) bond motifs is 2. The van der Waals surface area contributed by atoms with Crippen molar-refractivity contribution in [3.63, 3.8) is 0 Å². The Balaban J connectivity index is 1.97. The van der Waals surface area contributed by atoms with Crippen molar-refractivity contribution in [2.45, 2.75) is 0 Å². The molecule has 0 bridgehead atoms. The maximum atomic E-state index is 9.09. The highest BCUT2D eigenvalue weighted by Crippen LogP contribution is 2.43. The van der Waals surface area contributed by atoms with Crippen LogP contribution in [0.5, 0.6) is 5.75 Å². The Bertz CT molecular complexity index is 983. The minimum absolute atomic E-state index is 0.0589. The largest absolute Gasteiger partial charge is 0.486 e. The fourth-order valence-corrected chi connectivity index (χ4v) is 3.03. The number of aliphatic hydroxyl groups is 1. The van der Waals surface area contributed by atoms with Crippen molar-refractivity contribution in [1.82, 2.24) is 0 Å². The Hall–Kier alpha value is -2.24. The molecule has 0 aliphatic rings. The van der Waals surface area contributed by atoms with Gasteiger partial charge in [-0.05, 0) is 30.3 Å². The van der Waals surface area contributed by atoms with Gasteiger partial charge in [-0.25, -0.2) is 0 Å². The molecule has 1 N–H and O–H groups in total. The molecule has 0 fully saturated rings. The molecule has 0 amide bonds. The minimum Gasteiger partial charge on any atom is -0.486 e. The Kier molecular flexibility index (Phi) is 3.59. The molecular formula is C18H13BrO4. The number of hydrogen-bond donors (Lipinski definition) is 1. The molecule has 2 aromatic heterocycles. The highest BCUT2D eigenvalue weighted by Gasteiger charge is 2.21. The molecule has 4 nitrogen and oxygen atoms in total. The van der Waals surface area contributed by atoms with Gasteiger partial charge >= 0.3 is 0 Å². The van der Waals surface area contributed by atoms with Gasteiger partial charge in [0, 0.05) is 9.86 Å². The van der Waals surface area contributed by atoms with Crippen LogP contribution in [0.2, 0.25) is 0 Å². The van der Waals surface area contributed by atoms with Gasteiger partial charge in [-0.2, -0.15) is 0 Å². The average Bonchev–Trinajstić information content (AvgIpc) is 3.13. The molecular weight excluding hydrogens is 360 g/mol. The molecule has 2 heterocycles. The lowest BCUT2D eigenvalue weighted by molar-refractivity contribution is 0.202. The molecule has 0 radical (unpaired) electrons. The summed E-state index contributed by atoms with van der Waals surface area (Å²) in [4.78, 5) is 0. The van der Waals surface area contributed by atoms with E-state index in [4.69, 9.17) is 18.7 Å². The van der Waals surface area contributed by atoms with Gasteiger partial charge in [0.2, 0.25) is 0 Å². The van der Waals surface area contributed by atoms with Gasteiger partial charge in [-0.15, -0.1) is 0 Å². The van der Waals surface area contributed by atoms with Gasteiger partial charge in [-0.3, -0.25) is 0 Å². The van der Waals surface area contributed by atoms with Gasteiger partial charge in [0.15, 0.2) is 11.5 Å². The van der Waals surface area contributed by atoms with E-state index in [1.807, 2.05) is 42.5 Å². The summed E-state index contributed by atoms with van der Waals surface area (Å²) in [7, 11) is 0. The van der Waals surface area contributed by atoms with E-state index in [9.17, 15) is 0 Å². The number of furan rings is 2. The van der Waals surface area contributed by atoms with Crippen molar-refractivity contribution in [1.29, 1.82) is 0 Å². The van der Waals surface area contributed by atoms with E-state index >= 15 is 0 Å². The van der Waals surface area contributed by atoms with Crippen molar-refractivity contribution in [2.24, 2.45) is 0 Å². The highest BCUT2D eigenvalue weighted by atomic mass is 79.9. The van der Waals surface area contributed by atoms with Crippen LogP contribution in [-0.4, -0.2) is 18.3 Å². The minimum atomic E-state index is -0.0589. The molecule has 0 atom stereocenters. The average molecular weight is 373 g/mol. The van der Waals surface area contributed by atoms with Crippen LogP contribution >= 0.6 is 15.9 Å². The van der Waals surface area contributed by atoms with Crippen molar-refractivity contribution in [2.75, 3.05) is 13.2 Å². The summed E-state index contributed by atoms with van der Waals surface area (Å²) in [6.07, 6.45) is 1.67. The molecule has 0 aliphatic carbocycles. The molecule has 0 unspecified atom stereocenters. The number of hydrogen-bond acceptors (Lipinski definition) is 4. The van der Waals surface area contributed by atoms with Gasteiger partial charge < -0.3 is 18.7 Å². The van der Waals surface area contributed by atoms with Crippen molar-refractivity contribution < 1.29 is 18.7 Å². The normalized spacial score (nSPS) is 11.4. The summed E-state index contributed by atoms with van der Waals surface area (Å²) in [6, 6.07) is 13.5. The van der Waals surface area contributed by atoms with Crippen molar-refractivity contribution >= 4 is 37.9 Å². The number of ether oxygens (including phenoxy) is 1. The van der Waals surface area contributed by atoms with Crippen molar-refractivity contribution in [3.8, 4) is 17.1 Å². The Labute approximate surface area is 140 Å². The zero-order chi connectivity index (χ0) is 15.8. The summed E-state index contributed by atoms with van der Waals surface area (Å²) < 4.78 is 18.3. The van der Waals surface area contributed by atoms with E-state index in [1.165, 1.54) is 0 Å². The summed E-state index contributed by atoms with van der Waals surface area (Å²) in [5.41, 5.74) is 2.34. The summed E-state index contributed by atoms with van der Waals surface area (Å²) in [5.74, 6) is 1.23. The van der Waals surface area contributed by atoms with Gasteiger partial charge in [-0.1, -0.05) is 28.1 Å². The van der Waals surface area contributed by atoms with E-state index in [0.717, 1.165) is 32.0 Å². The van der Waals surface area contributed by atoms with Gasteiger partial charge in [0.25, 0.3) is 0 Å². The third kappa shape index (κ3) is 2.42. The zero-order valence-corrected chi connectivity index (χ0v) is 13.7. The number of aliphatic hydroxyl groups excluding tert-OH is 1. The maximum Gasteiger partial charge on any atom is 0.181 e. The third-order valence-electron chi connectivity index (χ3n) is 3.67. The van der Waals surface area contributed by atoms with Gasteiger partial charge in [0.05, 0.1) is 17.6 Å². The first-order valence-electron chi connectivity index (χ1n) is 7.20. The van der Waals surface area contributed by atoms with Crippen LogP contribution in [0.4, 0.5) is 0 Å². The molecule has 0 aliphatic heterocycles. The van der Waals surface area contributed by atoms with Crippen LogP contribution in [0, 0.1) is 0 Å². The monoisotopic (exact) mass is 372 g/mol. The van der Waals surface area contributed by atoms with Crippen molar-refractivity contribution in [3.05, 3.63) is 53.2 Å². The second kappa shape index (κ2) is 5.76. The van der Waals surface area contributed by atoms with E-state index in [0.29, 0.717) is 11.5 Å². The molecule has 0 spiro atoms. The molecule has 4 rings (SSSR count). The molecule has 2 aromatic carbocycles. The smallest absolute Gasteiger partial charge is 0.181 e. The summed E-state index contributed by atoms with van der Waals surface area (Å²) in [6.45, 7) is 0.145. The standard InChI is InChI=1S/C18H13BrO4/c19-11-5-6-15-13(9-11)14(10-22-15)18-17(21-8-7-20)12-3-1-2-4-16(12)23-18/h1-6,9-10,20H,7-8H2. The first-order chi connectivity index (χ1) is 11.3. The quantitative estimate of drug-likeness (QED) is 0.548. The fraction of sp³-hybridized carbons (Fsp3) is 0.111. The molecule has 116 valence electrons. The lowest BCUT2D eigenvalue weighted by Crippen LogP contribution is -2.01. The van der Waals surface area contributed by atoms with Crippen LogP contribution in [0.1, 0.15) is 0 Å². The van der Waals surface area contributed by atoms with Crippen LogP contribution in [-0.2, 0) is 0 Å². The lowest BCUT2D eigenvalue weighted by Gasteiger charge is -2.04. The van der Waals surface area contributed by atoms with Crippen LogP contribution in [0.3, 0.4) is 0 Å². The number of halogens is 1. The lowest BCUT2D eigenvalue weighted by atomic mass is 10.1. The van der Waals surface area contributed by atoms with E-state index in [1.54, 1.807) is 6.26 Å². The topological polar surface area (TPSA) is 55.7 Å². The molecule has 0 saturated heterocycles. The Morgan fingerprint density at radius 1 is 1.04 bits per heavy atom. The van der Waals surface area contributed by atoms with Crippen LogP contribution in [0.25, 0.3) is 33.3 Å². The second-order valence-corrected chi connectivity index (χ2v) is 6.03. The predicted octanol–water partition coefficient (Wildman–Crippen LogP) is 4.98. The highest BCUT2D eigenvalue weighted by molar-refractivity contribution is 9.10. The first-order valence-corrected chi connectivity index (χ1v) is 7.99. The molecule has 23 heavy (non-hydrogen) atoms. The molecule has 4 aromatic rings. The number of benzene rings is 2. The van der Waals surface area contributed by atoms with E-state index in [-0.39, 0.29) is 13.2 Å². The summed E-state index contributed by atoms with van der Waals surface area (Å²) in [5, 5.41) is 10.9. The SMILES string of the molecule is OCCOc1c(-c2coc3ccc(Br)cc23)oc2ccccc12. The van der Waals surface area contributed by atoms with E-state index in [2.05, 4.69) is 15.9 Å². The fourth-order valence-electron chi connectivity index (χ4n) is 2.67. The third-order valence-corrected chi connectivity index (χ3v) is 4.16. The van der Waals surface area contributed by atoms with Crippen LogP contribution in [0.15, 0.2) is 62.0 Å². The van der Waals surface area contributed by atoms with Gasteiger partial charge in [0.1, 0.15) is 24.0 Å². The molecule has 5 heteroatoms.